The molecule has 3 heterocycles. The first-order valence-electron chi connectivity index (χ1n) is 14.8. The van der Waals surface area contributed by atoms with E-state index < -0.39 is 7.32 Å². The smallest absolute Gasteiger partial charge is 0.188 e. The predicted octanol–water partition coefficient (Wildman–Crippen LogP) is 5.40. The fourth-order valence-corrected chi connectivity index (χ4v) is 8.23. The summed E-state index contributed by atoms with van der Waals surface area (Å²) in [6.07, 6.45) is 0. The van der Waals surface area contributed by atoms with E-state index in [-0.39, 0.29) is 0 Å². The normalized spacial score (nSPS) is 11.4. The fraction of sp³-hybridized carbons (Fsp3) is 0.600. The van der Waals surface area contributed by atoms with Crippen LogP contribution < -0.4 is 28.5 Å². The summed E-state index contributed by atoms with van der Waals surface area (Å²) in [7, 11) is -2.92. The average molecular weight is 612 g/mol. The first-order chi connectivity index (χ1) is 19.1. The third-order valence-corrected chi connectivity index (χ3v) is 11.5. The molecule has 0 amide bonds. The third kappa shape index (κ3) is 11.3. The van der Waals surface area contributed by atoms with Crippen molar-refractivity contribution in [2.45, 2.75) is 62.3 Å². The van der Waals surface area contributed by atoms with Crippen LogP contribution in [0, 0.1) is 0 Å². The van der Waals surface area contributed by atoms with Crippen LogP contribution in [-0.2, 0) is 0 Å². The van der Waals surface area contributed by atoms with E-state index in [9.17, 15) is 0 Å². The zero-order valence-electron chi connectivity index (χ0n) is 26.4. The zero-order chi connectivity index (χ0) is 30.7. The van der Waals surface area contributed by atoms with Gasteiger partial charge in [0.2, 0.25) is 0 Å². The number of quaternary nitrogens is 3. The second kappa shape index (κ2) is 20.7. The Kier molecular flexibility index (Phi) is 20.2. The van der Waals surface area contributed by atoms with E-state index in [2.05, 4.69) is 115 Å². The van der Waals surface area contributed by atoms with Gasteiger partial charge in [0.25, 0.3) is 0 Å². The van der Waals surface area contributed by atoms with Crippen molar-refractivity contribution in [2.75, 3.05) is 58.9 Å². The lowest BCUT2D eigenvalue weighted by molar-refractivity contribution is -0.479. The van der Waals surface area contributed by atoms with Crippen molar-refractivity contribution in [3.63, 3.8) is 0 Å². The van der Waals surface area contributed by atoms with Crippen LogP contribution in [0.15, 0.2) is 52.5 Å². The molecule has 0 saturated carbocycles. The Morgan fingerprint density at radius 1 is 0.450 bits per heavy atom. The van der Waals surface area contributed by atoms with E-state index in [1.165, 1.54) is 73.9 Å². The Morgan fingerprint density at radius 3 is 0.725 bits per heavy atom. The molecule has 0 spiro atoms. The van der Waals surface area contributed by atoms with Crippen molar-refractivity contribution in [1.82, 2.24) is 13.4 Å². The van der Waals surface area contributed by atoms with Gasteiger partial charge >= 0.3 is 0 Å². The number of nitrogens with zero attached hydrogens (tertiary/aromatic N) is 3. The summed E-state index contributed by atoms with van der Waals surface area (Å²) in [5.41, 5.74) is 0. The minimum absolute atomic E-state index is 1.14. The monoisotopic (exact) mass is 611 g/mol. The summed E-state index contributed by atoms with van der Waals surface area (Å²) in [5, 5.41) is 36.3. The molecule has 3 aromatic heterocycles. The number of rotatable bonds is 12. The Morgan fingerprint density at radius 2 is 0.625 bits per heavy atom. The maximum atomic E-state index is 8.42. The van der Waals surface area contributed by atoms with E-state index in [0.29, 0.717) is 0 Å². The Bertz CT molecular complexity index is 793. The van der Waals surface area contributed by atoms with Gasteiger partial charge in [0, 0.05) is 18.2 Å². The van der Waals surface area contributed by atoms with Crippen LogP contribution in [0.1, 0.15) is 62.3 Å². The van der Waals surface area contributed by atoms with Crippen molar-refractivity contribution < 1.29 is 15.1 Å². The van der Waals surface area contributed by atoms with Gasteiger partial charge in [-0.05, 0) is 96.7 Å². The van der Waals surface area contributed by atoms with E-state index in [0.717, 1.165) is 13.4 Å². The van der Waals surface area contributed by atoms with Crippen LogP contribution in [0.5, 0.6) is 0 Å². The van der Waals surface area contributed by atoms with Crippen LogP contribution in [0.25, 0.3) is 0 Å². The Hall–Kier alpha value is -1.08. The van der Waals surface area contributed by atoms with Crippen molar-refractivity contribution >= 4 is 56.3 Å². The van der Waals surface area contributed by atoms with Crippen LogP contribution in [0.3, 0.4) is 0 Å². The lowest BCUT2D eigenvalue weighted by Crippen LogP contribution is -2.56. The molecule has 0 aliphatic carbocycles. The molecule has 3 rings (SSSR count). The number of thiophene rings is 3. The van der Waals surface area contributed by atoms with Crippen LogP contribution in [-0.4, -0.2) is 66.2 Å². The molecule has 10 heteroatoms. The Labute approximate surface area is 257 Å². The molecule has 0 unspecified atom stereocenters. The summed E-state index contributed by atoms with van der Waals surface area (Å²) in [6, 6.07) is 13.2. The molecule has 0 bridgehead atoms. The zero-order valence-corrected chi connectivity index (χ0v) is 28.9. The average Bonchev–Trinajstić information content (AvgIpc) is 3.78. The second-order valence-corrected chi connectivity index (χ2v) is 12.2. The highest BCUT2D eigenvalue weighted by molar-refractivity contribution is 7.14. The van der Waals surface area contributed by atoms with Crippen molar-refractivity contribution in [3.05, 3.63) is 52.5 Å². The number of hydrogen-bond acceptors (Lipinski definition) is 6. The number of hydrogen-bond donors (Lipinski definition) is 0. The third-order valence-electron chi connectivity index (χ3n) is 8.37. The second-order valence-electron chi connectivity index (χ2n) is 9.42. The summed E-state index contributed by atoms with van der Waals surface area (Å²) < 4.78 is 3.41. The van der Waals surface area contributed by atoms with Gasteiger partial charge in [-0.1, -0.05) is 34.0 Å². The van der Waals surface area contributed by atoms with Crippen LogP contribution in [0.4, 0.5) is 15.0 Å². The molecule has 0 saturated heterocycles. The maximum Gasteiger partial charge on any atom is 0.188 e. The van der Waals surface area contributed by atoms with Crippen molar-refractivity contribution in [3.8, 4) is 0 Å². The molecule has 0 fully saturated rings. The maximum absolute atomic E-state index is 8.42. The van der Waals surface area contributed by atoms with Gasteiger partial charge in [0.15, 0.2) is 15.0 Å². The molecule has 3 aromatic rings. The lowest BCUT2D eigenvalue weighted by atomic mass is 10.3. The van der Waals surface area contributed by atoms with Gasteiger partial charge in [-0.2, -0.15) is 0 Å². The van der Waals surface area contributed by atoms with E-state index >= 15 is 0 Å². The van der Waals surface area contributed by atoms with Crippen molar-refractivity contribution in [2.24, 2.45) is 0 Å². The van der Waals surface area contributed by atoms with Gasteiger partial charge < -0.3 is 15.1 Å². The highest BCUT2D eigenvalue weighted by atomic mass is 32.1. The van der Waals surface area contributed by atoms with Crippen molar-refractivity contribution in [1.29, 1.82) is 0 Å². The lowest BCUT2D eigenvalue weighted by Gasteiger charge is -2.35. The van der Waals surface area contributed by atoms with Gasteiger partial charge in [0.05, 0.1) is 58.9 Å². The largest absolute Gasteiger partial charge is 0.907 e. The first-order valence-corrected chi connectivity index (χ1v) is 17.4. The summed E-state index contributed by atoms with van der Waals surface area (Å²) >= 11 is 5.63. The molecular formula is C30H54BN3O3S3. The van der Waals surface area contributed by atoms with Gasteiger partial charge in [-0.3, -0.25) is 20.8 Å². The Balaban J connectivity index is 0.000000534. The summed E-state index contributed by atoms with van der Waals surface area (Å²) in [4.78, 5) is 0. The predicted molar refractivity (Wildman–Crippen MR) is 179 cm³/mol. The van der Waals surface area contributed by atoms with E-state index in [1.807, 2.05) is 34.0 Å². The highest BCUT2D eigenvalue weighted by Crippen LogP contribution is 2.29. The van der Waals surface area contributed by atoms with E-state index in [1.54, 1.807) is 0 Å². The van der Waals surface area contributed by atoms with Crippen LogP contribution in [0.2, 0.25) is 0 Å². The molecule has 0 aliphatic rings. The minimum Gasteiger partial charge on any atom is -0.907 e. The van der Waals surface area contributed by atoms with E-state index in [4.69, 9.17) is 15.1 Å². The quantitative estimate of drug-likeness (QED) is 0.204. The standard InChI is InChI=1S/3C10H18NS.BO3/c3*1-4-11(5-2,6-3)10-8-7-9-12-10;2-1(3)4/h3*7-9H,4-6H2,1-3H3;/q3*+1;-3. The molecule has 0 atom stereocenters. The molecule has 0 aliphatic heterocycles. The van der Waals surface area contributed by atoms with Crippen LogP contribution >= 0.6 is 34.0 Å². The molecular weight excluding hydrogens is 557 g/mol. The highest BCUT2D eigenvalue weighted by Gasteiger charge is 2.26. The van der Waals surface area contributed by atoms with Gasteiger partial charge in [0.1, 0.15) is 0 Å². The van der Waals surface area contributed by atoms with Gasteiger partial charge in [-0.15, -0.1) is 0 Å². The van der Waals surface area contributed by atoms with Gasteiger partial charge in [-0.25, -0.2) is 0 Å². The minimum atomic E-state index is -2.92. The molecule has 228 valence electrons. The molecule has 40 heavy (non-hydrogen) atoms. The molecule has 0 N–H and O–H groups in total. The first kappa shape index (κ1) is 38.9. The molecule has 0 radical (unpaired) electrons. The fourth-order valence-electron chi connectivity index (χ4n) is 5.03. The summed E-state index contributed by atoms with van der Waals surface area (Å²) in [6.45, 7) is 31.3. The topological polar surface area (TPSA) is 69.2 Å². The molecule has 0 aromatic carbocycles. The SMILES string of the molecule is CC[N+](CC)(CC)c1cccs1.CC[N+](CC)(CC)c1cccs1.CC[N+](CC)(CC)c1cccs1.[O-]B([O-])[O-]. The molecule has 6 nitrogen and oxygen atoms in total. The summed E-state index contributed by atoms with van der Waals surface area (Å²) in [5.74, 6) is 0.